The van der Waals surface area contributed by atoms with E-state index in [1.807, 2.05) is 18.3 Å². The van der Waals surface area contributed by atoms with Gasteiger partial charge in [0.05, 0.1) is 6.54 Å². The summed E-state index contributed by atoms with van der Waals surface area (Å²) in [6, 6.07) is 5.64. The number of rotatable bonds is 4. The molecule has 0 unspecified atom stereocenters. The van der Waals surface area contributed by atoms with Gasteiger partial charge in [-0.15, -0.1) is 0 Å². The second kappa shape index (κ2) is 6.25. The van der Waals surface area contributed by atoms with Gasteiger partial charge in [0, 0.05) is 55.4 Å². The third-order valence-electron chi connectivity index (χ3n) is 4.00. The molecule has 1 amide bonds. The Hall–Kier alpha value is -3.00. The molecule has 4 heterocycles. The molecule has 1 aliphatic heterocycles. The Morgan fingerprint density at radius 2 is 2.17 bits per heavy atom. The smallest absolute Gasteiger partial charge is 0.277 e. The molecule has 3 aromatic rings. The topological polar surface area (TPSA) is 101 Å². The Morgan fingerprint density at radius 1 is 1.29 bits per heavy atom. The molecule has 0 fully saturated rings. The summed E-state index contributed by atoms with van der Waals surface area (Å²) in [6.07, 6.45) is 6.18. The number of nitrogens with zero attached hydrogens (tertiary/aromatic N) is 4. The van der Waals surface area contributed by atoms with E-state index in [1.165, 1.54) is 0 Å². The molecular formula is C16H17N7O. The van der Waals surface area contributed by atoms with Crippen molar-refractivity contribution in [2.45, 2.75) is 19.5 Å². The lowest BCUT2D eigenvalue weighted by molar-refractivity contribution is 0.102. The van der Waals surface area contributed by atoms with Crippen molar-refractivity contribution in [1.82, 2.24) is 30.3 Å². The van der Waals surface area contributed by atoms with Crippen LogP contribution in [-0.4, -0.2) is 37.4 Å². The highest BCUT2D eigenvalue weighted by atomic mass is 16.2. The second-order valence-corrected chi connectivity index (χ2v) is 5.66. The number of fused-ring (bicyclic) bond motifs is 1. The highest BCUT2D eigenvalue weighted by Gasteiger charge is 2.21. The minimum absolute atomic E-state index is 0.245. The van der Waals surface area contributed by atoms with Crippen molar-refractivity contribution in [3.63, 3.8) is 0 Å². The van der Waals surface area contributed by atoms with Crippen molar-refractivity contribution in [1.29, 1.82) is 0 Å². The standard InChI is InChI=1S/C16H17N7O/c24-16(15-12-9-18-7-3-13(12)20-21-15)19-14-4-8-23(22-14)10-11-1-5-17-6-2-11/h1-2,4-6,8,18H,3,7,9-10H2,(H,20,21)(H,19,22,24). The summed E-state index contributed by atoms with van der Waals surface area (Å²) in [7, 11) is 0. The highest BCUT2D eigenvalue weighted by Crippen LogP contribution is 2.16. The monoisotopic (exact) mass is 323 g/mol. The SMILES string of the molecule is O=C(Nc1ccn(Cc2ccncc2)n1)c1n[nH]c2c1CNCC2. The average Bonchev–Trinajstić information content (AvgIpc) is 3.22. The number of aromatic amines is 1. The van der Waals surface area contributed by atoms with E-state index in [4.69, 9.17) is 0 Å². The van der Waals surface area contributed by atoms with E-state index in [1.54, 1.807) is 23.1 Å². The number of hydrogen-bond donors (Lipinski definition) is 3. The van der Waals surface area contributed by atoms with E-state index in [0.29, 0.717) is 24.6 Å². The van der Waals surface area contributed by atoms with Gasteiger partial charge in [-0.2, -0.15) is 10.2 Å². The van der Waals surface area contributed by atoms with Crippen LogP contribution in [0.4, 0.5) is 5.82 Å². The molecular weight excluding hydrogens is 306 g/mol. The Balaban J connectivity index is 1.46. The van der Waals surface area contributed by atoms with Crippen molar-refractivity contribution >= 4 is 11.7 Å². The molecule has 122 valence electrons. The van der Waals surface area contributed by atoms with Gasteiger partial charge in [-0.3, -0.25) is 19.6 Å². The molecule has 3 aromatic heterocycles. The summed E-state index contributed by atoms with van der Waals surface area (Å²) in [5, 5.41) is 17.5. The number of anilines is 1. The number of nitrogens with one attached hydrogen (secondary N) is 3. The zero-order valence-electron chi connectivity index (χ0n) is 13.0. The molecule has 8 heteroatoms. The van der Waals surface area contributed by atoms with Gasteiger partial charge in [0.1, 0.15) is 0 Å². The fraction of sp³-hybridized carbons (Fsp3) is 0.250. The van der Waals surface area contributed by atoms with Crippen LogP contribution in [0.15, 0.2) is 36.8 Å². The summed E-state index contributed by atoms with van der Waals surface area (Å²) in [5.41, 5.74) is 3.50. The van der Waals surface area contributed by atoms with Crippen LogP contribution in [0.2, 0.25) is 0 Å². The van der Waals surface area contributed by atoms with Crippen molar-refractivity contribution in [2.75, 3.05) is 11.9 Å². The van der Waals surface area contributed by atoms with E-state index in [9.17, 15) is 4.79 Å². The second-order valence-electron chi connectivity index (χ2n) is 5.66. The van der Waals surface area contributed by atoms with Crippen LogP contribution in [0.1, 0.15) is 27.3 Å². The molecule has 0 bridgehead atoms. The Morgan fingerprint density at radius 3 is 3.04 bits per heavy atom. The van der Waals surface area contributed by atoms with Crippen molar-refractivity contribution < 1.29 is 4.79 Å². The fourth-order valence-electron chi connectivity index (χ4n) is 2.78. The molecule has 0 aliphatic carbocycles. The van der Waals surface area contributed by atoms with Crippen LogP contribution < -0.4 is 10.6 Å². The molecule has 8 nitrogen and oxygen atoms in total. The predicted molar refractivity (Wildman–Crippen MR) is 87.5 cm³/mol. The predicted octanol–water partition coefficient (Wildman–Crippen LogP) is 0.947. The van der Waals surface area contributed by atoms with Gasteiger partial charge < -0.3 is 10.6 Å². The summed E-state index contributed by atoms with van der Waals surface area (Å²) < 4.78 is 1.77. The molecule has 24 heavy (non-hydrogen) atoms. The van der Waals surface area contributed by atoms with Crippen LogP contribution in [0.5, 0.6) is 0 Å². The van der Waals surface area contributed by atoms with E-state index < -0.39 is 0 Å². The number of aromatic nitrogens is 5. The van der Waals surface area contributed by atoms with Crippen LogP contribution in [-0.2, 0) is 19.5 Å². The van der Waals surface area contributed by atoms with Crippen LogP contribution in [0.25, 0.3) is 0 Å². The number of amides is 1. The quantitative estimate of drug-likeness (QED) is 0.663. The number of hydrogen-bond acceptors (Lipinski definition) is 5. The third-order valence-corrected chi connectivity index (χ3v) is 4.00. The van der Waals surface area contributed by atoms with Gasteiger partial charge in [0.25, 0.3) is 5.91 Å². The van der Waals surface area contributed by atoms with Gasteiger partial charge in [-0.05, 0) is 17.7 Å². The molecule has 0 saturated carbocycles. The fourth-order valence-corrected chi connectivity index (χ4v) is 2.78. The van der Waals surface area contributed by atoms with E-state index >= 15 is 0 Å². The zero-order chi connectivity index (χ0) is 16.4. The van der Waals surface area contributed by atoms with E-state index in [-0.39, 0.29) is 5.91 Å². The maximum absolute atomic E-state index is 12.4. The Labute approximate surface area is 138 Å². The number of pyridine rings is 1. The van der Waals surface area contributed by atoms with E-state index in [2.05, 4.69) is 30.9 Å². The van der Waals surface area contributed by atoms with Crippen LogP contribution in [0.3, 0.4) is 0 Å². The largest absolute Gasteiger partial charge is 0.312 e. The maximum atomic E-state index is 12.4. The molecule has 0 saturated heterocycles. The van der Waals surface area contributed by atoms with E-state index in [0.717, 1.165) is 29.8 Å². The van der Waals surface area contributed by atoms with Gasteiger partial charge in [-0.1, -0.05) is 0 Å². The normalized spacial score (nSPS) is 13.5. The molecule has 0 atom stereocenters. The summed E-state index contributed by atoms with van der Waals surface area (Å²) in [5.74, 6) is 0.264. The first-order valence-corrected chi connectivity index (χ1v) is 7.80. The summed E-state index contributed by atoms with van der Waals surface area (Å²) in [4.78, 5) is 16.4. The van der Waals surface area contributed by atoms with Gasteiger partial charge >= 0.3 is 0 Å². The minimum Gasteiger partial charge on any atom is -0.312 e. The highest BCUT2D eigenvalue weighted by molar-refractivity contribution is 6.03. The van der Waals surface area contributed by atoms with Crippen molar-refractivity contribution in [2.24, 2.45) is 0 Å². The molecule has 0 aromatic carbocycles. The first-order valence-electron chi connectivity index (χ1n) is 7.80. The van der Waals surface area contributed by atoms with Crippen LogP contribution in [0, 0.1) is 0 Å². The molecule has 0 radical (unpaired) electrons. The maximum Gasteiger partial charge on any atom is 0.277 e. The van der Waals surface area contributed by atoms with Gasteiger partial charge in [0.2, 0.25) is 0 Å². The molecule has 3 N–H and O–H groups in total. The minimum atomic E-state index is -0.245. The van der Waals surface area contributed by atoms with Crippen LogP contribution >= 0.6 is 0 Å². The zero-order valence-corrected chi connectivity index (χ0v) is 13.0. The number of carbonyl (C=O) groups excluding carboxylic acids is 1. The Kier molecular flexibility index (Phi) is 3.80. The van der Waals surface area contributed by atoms with Gasteiger partial charge in [-0.25, -0.2) is 0 Å². The third kappa shape index (κ3) is 2.91. The summed E-state index contributed by atoms with van der Waals surface area (Å²) >= 11 is 0. The lowest BCUT2D eigenvalue weighted by atomic mass is 10.1. The first kappa shape index (κ1) is 14.6. The Bertz CT molecular complexity index is 852. The lowest BCUT2D eigenvalue weighted by Gasteiger charge is -2.12. The van der Waals surface area contributed by atoms with Crippen molar-refractivity contribution in [3.8, 4) is 0 Å². The summed E-state index contributed by atoms with van der Waals surface area (Å²) in [6.45, 7) is 2.18. The van der Waals surface area contributed by atoms with Crippen molar-refractivity contribution in [3.05, 3.63) is 59.3 Å². The van der Waals surface area contributed by atoms with Gasteiger partial charge in [0.15, 0.2) is 11.5 Å². The molecule has 0 spiro atoms. The number of carbonyl (C=O) groups is 1. The lowest BCUT2D eigenvalue weighted by Crippen LogP contribution is -2.25. The number of H-pyrrole nitrogens is 1. The molecule has 4 rings (SSSR count). The average molecular weight is 323 g/mol. The molecule has 1 aliphatic rings. The first-order chi connectivity index (χ1) is 11.8.